The van der Waals surface area contributed by atoms with Crippen molar-refractivity contribution in [3.8, 4) is 0 Å². The first-order valence-corrected chi connectivity index (χ1v) is 8.38. The lowest BCUT2D eigenvalue weighted by molar-refractivity contribution is -0.151. The molecular formula is C19H25NO4. The zero-order valence-electron chi connectivity index (χ0n) is 14.6. The second-order valence-corrected chi connectivity index (χ2v) is 6.86. The van der Waals surface area contributed by atoms with Gasteiger partial charge in [-0.1, -0.05) is 12.1 Å². The molecule has 0 radical (unpaired) electrons. The van der Waals surface area contributed by atoms with E-state index in [0.29, 0.717) is 26.3 Å². The third-order valence-electron chi connectivity index (χ3n) is 4.74. The van der Waals surface area contributed by atoms with Gasteiger partial charge in [-0.05, 0) is 38.0 Å². The van der Waals surface area contributed by atoms with Crippen LogP contribution in [0.25, 0.3) is 11.0 Å². The molecule has 0 N–H and O–H groups in total. The largest absolute Gasteiger partial charge is 0.464 e. The van der Waals surface area contributed by atoms with Gasteiger partial charge in [0.15, 0.2) is 0 Å². The van der Waals surface area contributed by atoms with E-state index in [4.69, 9.17) is 13.9 Å². The highest BCUT2D eigenvalue weighted by Crippen LogP contribution is 2.24. The van der Waals surface area contributed by atoms with Gasteiger partial charge in [-0.3, -0.25) is 4.79 Å². The first-order valence-electron chi connectivity index (χ1n) is 8.38. The zero-order valence-corrected chi connectivity index (χ0v) is 14.6. The van der Waals surface area contributed by atoms with Gasteiger partial charge in [-0.25, -0.2) is 0 Å². The minimum absolute atomic E-state index is 0.0158. The standard InChI is InChI=1S/C19H25NO4/c1-19(2,22-3)18(21)20-8-10-23-13-14(12-20)11-15-5-4-6-17-16(15)7-9-24-17/h4-7,9,14H,8,10-13H2,1-3H3/t14-/m1/s1. The number of hydrogen-bond acceptors (Lipinski definition) is 4. The average molecular weight is 331 g/mol. The number of methoxy groups -OCH3 is 1. The van der Waals surface area contributed by atoms with E-state index in [1.54, 1.807) is 13.4 Å². The van der Waals surface area contributed by atoms with Crippen molar-refractivity contribution < 1.29 is 18.7 Å². The number of furan rings is 1. The molecule has 0 spiro atoms. The zero-order chi connectivity index (χ0) is 17.2. The fourth-order valence-electron chi connectivity index (χ4n) is 3.20. The minimum atomic E-state index is -0.806. The van der Waals surface area contributed by atoms with E-state index in [9.17, 15) is 4.79 Å². The van der Waals surface area contributed by atoms with E-state index >= 15 is 0 Å². The molecule has 130 valence electrons. The molecule has 1 aliphatic heterocycles. The summed E-state index contributed by atoms with van der Waals surface area (Å²) in [5, 5.41) is 1.14. The van der Waals surface area contributed by atoms with Crippen LogP contribution >= 0.6 is 0 Å². The highest BCUT2D eigenvalue weighted by Gasteiger charge is 2.34. The summed E-state index contributed by atoms with van der Waals surface area (Å²) in [6, 6.07) is 8.10. The molecule has 1 amide bonds. The summed E-state index contributed by atoms with van der Waals surface area (Å²) in [5.74, 6) is 0.270. The SMILES string of the molecule is COC(C)(C)C(=O)N1CCOC[C@H](Cc2cccc3occc23)C1. The maximum Gasteiger partial charge on any atom is 0.254 e. The second-order valence-electron chi connectivity index (χ2n) is 6.86. The van der Waals surface area contributed by atoms with Crippen molar-refractivity contribution in [1.29, 1.82) is 0 Å². The number of carbonyl (C=O) groups excluding carboxylic acids is 1. The highest BCUT2D eigenvalue weighted by atomic mass is 16.5. The summed E-state index contributed by atoms with van der Waals surface area (Å²) in [4.78, 5) is 14.6. The van der Waals surface area contributed by atoms with Crippen LogP contribution in [0.2, 0.25) is 0 Å². The summed E-state index contributed by atoms with van der Waals surface area (Å²) in [6.07, 6.45) is 2.57. The normalized spacial score (nSPS) is 19.5. The van der Waals surface area contributed by atoms with Crippen LogP contribution in [0.4, 0.5) is 0 Å². The molecule has 0 aliphatic carbocycles. The predicted molar refractivity (Wildman–Crippen MR) is 91.9 cm³/mol. The van der Waals surface area contributed by atoms with Crippen molar-refractivity contribution in [2.24, 2.45) is 5.92 Å². The maximum absolute atomic E-state index is 12.7. The number of amides is 1. The predicted octanol–water partition coefficient (Wildman–Crippen LogP) is 2.88. The Balaban J connectivity index is 1.76. The monoisotopic (exact) mass is 331 g/mol. The lowest BCUT2D eigenvalue weighted by Crippen LogP contribution is -2.48. The topological polar surface area (TPSA) is 51.9 Å². The Hall–Kier alpha value is -1.85. The van der Waals surface area contributed by atoms with Crippen molar-refractivity contribution in [1.82, 2.24) is 4.90 Å². The quantitative estimate of drug-likeness (QED) is 0.864. The minimum Gasteiger partial charge on any atom is -0.464 e. The molecule has 1 atom stereocenters. The van der Waals surface area contributed by atoms with Crippen LogP contribution in [0.1, 0.15) is 19.4 Å². The first kappa shape index (κ1) is 17.0. The van der Waals surface area contributed by atoms with Gasteiger partial charge in [0.1, 0.15) is 11.2 Å². The van der Waals surface area contributed by atoms with Gasteiger partial charge >= 0.3 is 0 Å². The molecule has 0 saturated carbocycles. The molecular weight excluding hydrogens is 306 g/mol. The summed E-state index contributed by atoms with van der Waals surface area (Å²) in [7, 11) is 1.57. The molecule has 3 rings (SSSR count). The van der Waals surface area contributed by atoms with E-state index in [0.717, 1.165) is 17.4 Å². The van der Waals surface area contributed by atoms with Crippen LogP contribution in [-0.4, -0.2) is 49.8 Å². The average Bonchev–Trinajstić information content (AvgIpc) is 2.95. The summed E-state index contributed by atoms with van der Waals surface area (Å²) < 4.78 is 16.6. The van der Waals surface area contributed by atoms with Crippen LogP contribution in [0, 0.1) is 5.92 Å². The van der Waals surface area contributed by atoms with Crippen molar-refractivity contribution in [2.45, 2.75) is 25.9 Å². The van der Waals surface area contributed by atoms with E-state index in [2.05, 4.69) is 6.07 Å². The maximum atomic E-state index is 12.7. The summed E-state index contributed by atoms with van der Waals surface area (Å²) in [6.45, 7) is 6.13. The van der Waals surface area contributed by atoms with Crippen molar-refractivity contribution in [3.05, 3.63) is 36.1 Å². The molecule has 1 aromatic carbocycles. The number of fused-ring (bicyclic) bond motifs is 1. The molecule has 1 aliphatic rings. The van der Waals surface area contributed by atoms with Crippen molar-refractivity contribution in [3.63, 3.8) is 0 Å². The Labute approximate surface area is 142 Å². The lowest BCUT2D eigenvalue weighted by Gasteiger charge is -2.31. The van der Waals surface area contributed by atoms with Crippen LogP contribution in [0.5, 0.6) is 0 Å². The van der Waals surface area contributed by atoms with E-state index < -0.39 is 5.60 Å². The number of benzene rings is 1. The van der Waals surface area contributed by atoms with Gasteiger partial charge in [0.25, 0.3) is 5.91 Å². The van der Waals surface area contributed by atoms with Crippen LogP contribution in [0.15, 0.2) is 34.9 Å². The number of rotatable bonds is 4. The van der Waals surface area contributed by atoms with E-state index in [1.807, 2.05) is 36.9 Å². The first-order chi connectivity index (χ1) is 11.5. The molecule has 2 aromatic rings. The van der Waals surface area contributed by atoms with Crippen molar-refractivity contribution in [2.75, 3.05) is 33.4 Å². The van der Waals surface area contributed by atoms with Gasteiger partial charge in [0.2, 0.25) is 0 Å². The Bertz CT molecular complexity index is 706. The van der Waals surface area contributed by atoms with Crippen LogP contribution in [0.3, 0.4) is 0 Å². The Morgan fingerprint density at radius 3 is 3.00 bits per heavy atom. The molecule has 5 heteroatoms. The third kappa shape index (κ3) is 3.47. The highest BCUT2D eigenvalue weighted by molar-refractivity contribution is 5.84. The number of carbonyl (C=O) groups is 1. The summed E-state index contributed by atoms with van der Waals surface area (Å²) >= 11 is 0. The molecule has 1 aromatic heterocycles. The van der Waals surface area contributed by atoms with Gasteiger partial charge in [-0.15, -0.1) is 0 Å². The second kappa shape index (κ2) is 6.95. The molecule has 24 heavy (non-hydrogen) atoms. The van der Waals surface area contributed by atoms with Crippen LogP contribution < -0.4 is 0 Å². The third-order valence-corrected chi connectivity index (χ3v) is 4.74. The molecule has 1 fully saturated rings. The van der Waals surface area contributed by atoms with Gasteiger partial charge in [0, 0.05) is 31.5 Å². The molecule has 2 heterocycles. The summed E-state index contributed by atoms with van der Waals surface area (Å²) in [5.41, 5.74) is 1.32. The fraction of sp³-hybridized carbons (Fsp3) is 0.526. The van der Waals surface area contributed by atoms with Crippen molar-refractivity contribution >= 4 is 16.9 Å². The lowest BCUT2D eigenvalue weighted by atomic mass is 9.96. The van der Waals surface area contributed by atoms with E-state index in [-0.39, 0.29) is 11.8 Å². The van der Waals surface area contributed by atoms with Crippen LogP contribution in [-0.2, 0) is 20.7 Å². The van der Waals surface area contributed by atoms with Gasteiger partial charge < -0.3 is 18.8 Å². The fourth-order valence-corrected chi connectivity index (χ4v) is 3.20. The number of nitrogens with zero attached hydrogens (tertiary/aromatic N) is 1. The van der Waals surface area contributed by atoms with Gasteiger partial charge in [0.05, 0.1) is 19.5 Å². The Morgan fingerprint density at radius 1 is 1.38 bits per heavy atom. The smallest absolute Gasteiger partial charge is 0.254 e. The van der Waals surface area contributed by atoms with Gasteiger partial charge in [-0.2, -0.15) is 0 Å². The number of hydrogen-bond donors (Lipinski definition) is 0. The molecule has 0 unspecified atom stereocenters. The molecule has 0 bridgehead atoms. The Morgan fingerprint density at radius 2 is 2.21 bits per heavy atom. The Kier molecular flexibility index (Phi) is 4.92. The molecule has 1 saturated heterocycles. The van der Waals surface area contributed by atoms with E-state index in [1.165, 1.54) is 5.56 Å². The number of ether oxygens (including phenoxy) is 2. The molecule has 5 nitrogen and oxygen atoms in total.